The van der Waals surface area contributed by atoms with Gasteiger partial charge in [0.05, 0.1) is 6.67 Å². The Morgan fingerprint density at radius 3 is 2.39 bits per heavy atom. The predicted octanol–water partition coefficient (Wildman–Crippen LogP) is 3.05. The summed E-state index contributed by atoms with van der Waals surface area (Å²) >= 11 is 0. The molecule has 0 bridgehead atoms. The van der Waals surface area contributed by atoms with E-state index in [4.69, 9.17) is 0 Å². The third-order valence-electron chi connectivity index (χ3n) is 2.35. The van der Waals surface area contributed by atoms with Crippen LogP contribution < -0.4 is 4.90 Å². The fourth-order valence-electron chi connectivity index (χ4n) is 1.59. The number of hydrogen-bond acceptors (Lipinski definition) is 2. The van der Waals surface area contributed by atoms with E-state index >= 15 is 0 Å². The van der Waals surface area contributed by atoms with Crippen LogP contribution in [0.15, 0.2) is 36.2 Å². The molecular formula is C12H13F3IrN2-2. The van der Waals surface area contributed by atoms with Crippen molar-refractivity contribution in [3.05, 3.63) is 49.7 Å². The summed E-state index contributed by atoms with van der Waals surface area (Å²) in [4.78, 5) is 2.68. The van der Waals surface area contributed by atoms with E-state index in [1.807, 2.05) is 0 Å². The van der Waals surface area contributed by atoms with Crippen molar-refractivity contribution in [1.82, 2.24) is 4.90 Å². The zero-order valence-corrected chi connectivity index (χ0v) is 12.4. The van der Waals surface area contributed by atoms with E-state index < -0.39 is 11.9 Å². The summed E-state index contributed by atoms with van der Waals surface area (Å²) in [7, 11) is 1.42. The van der Waals surface area contributed by atoms with E-state index in [2.05, 4.69) is 6.07 Å². The first-order valence-electron chi connectivity index (χ1n) is 4.72. The minimum Gasteiger partial charge on any atom is -0.358 e. The fourth-order valence-corrected chi connectivity index (χ4v) is 1.59. The molecule has 0 saturated heterocycles. The molecule has 18 heavy (non-hydrogen) atoms. The van der Waals surface area contributed by atoms with Crippen molar-refractivity contribution >= 4 is 5.69 Å². The number of nitrogens with zero attached hydrogens (tertiary/aromatic N) is 2. The number of para-hydroxylation sites is 1. The molecule has 1 aromatic carbocycles. The van der Waals surface area contributed by atoms with E-state index in [1.165, 1.54) is 16.8 Å². The van der Waals surface area contributed by atoms with E-state index in [0.29, 0.717) is 5.69 Å². The molecule has 0 unspecified atom stereocenters. The van der Waals surface area contributed by atoms with Crippen LogP contribution in [0, 0.1) is 13.5 Å². The van der Waals surface area contributed by atoms with E-state index in [-0.39, 0.29) is 34.2 Å². The number of hydrogen-bond donors (Lipinski definition) is 0. The third-order valence-corrected chi connectivity index (χ3v) is 2.35. The summed E-state index contributed by atoms with van der Waals surface area (Å²) in [6.07, 6.45) is -3.20. The van der Waals surface area contributed by atoms with Crippen molar-refractivity contribution in [1.29, 1.82) is 0 Å². The van der Waals surface area contributed by atoms with Gasteiger partial charge in [0.1, 0.15) is 5.70 Å². The second kappa shape index (κ2) is 6.25. The van der Waals surface area contributed by atoms with Crippen molar-refractivity contribution in [2.24, 2.45) is 0 Å². The average Bonchev–Trinajstić information content (AvgIpc) is 2.61. The largest absolute Gasteiger partial charge is 0.432 e. The molecule has 1 aromatic rings. The SMILES string of the molecule is CN1CN(c2[c-]cccc2)C=C1C(F)(F)F.[CH3-].[Ir]. The fraction of sp³-hybridized carbons (Fsp3) is 0.250. The minimum absolute atomic E-state index is 0. The molecule has 0 saturated carbocycles. The van der Waals surface area contributed by atoms with Gasteiger partial charge in [-0.25, -0.2) is 0 Å². The Bertz CT molecular complexity index is 404. The number of rotatable bonds is 1. The zero-order valence-electron chi connectivity index (χ0n) is 9.96. The van der Waals surface area contributed by atoms with Crippen LogP contribution in [-0.2, 0) is 20.1 Å². The minimum atomic E-state index is -4.31. The Hall–Kier alpha value is -1.00. The van der Waals surface area contributed by atoms with Crippen LogP contribution in [0.4, 0.5) is 18.9 Å². The number of alkyl halides is 3. The Kier molecular flexibility index (Phi) is 5.90. The first-order valence-corrected chi connectivity index (χ1v) is 4.72. The second-order valence-corrected chi connectivity index (χ2v) is 3.57. The Balaban J connectivity index is 0.00000144. The van der Waals surface area contributed by atoms with Crippen molar-refractivity contribution in [2.45, 2.75) is 6.18 Å². The third kappa shape index (κ3) is 3.50. The molecule has 1 radical (unpaired) electrons. The van der Waals surface area contributed by atoms with Gasteiger partial charge in [0.15, 0.2) is 0 Å². The van der Waals surface area contributed by atoms with Crippen LogP contribution in [0.2, 0.25) is 0 Å². The Morgan fingerprint density at radius 2 is 1.94 bits per heavy atom. The normalized spacial score (nSPS) is 14.8. The monoisotopic (exact) mass is 435 g/mol. The summed E-state index contributed by atoms with van der Waals surface area (Å²) in [5.74, 6) is 0. The van der Waals surface area contributed by atoms with Crippen LogP contribution >= 0.6 is 0 Å². The topological polar surface area (TPSA) is 6.48 Å². The van der Waals surface area contributed by atoms with Crippen LogP contribution in [0.1, 0.15) is 0 Å². The molecule has 0 atom stereocenters. The molecule has 103 valence electrons. The maximum absolute atomic E-state index is 12.6. The molecule has 1 aliphatic heterocycles. The maximum Gasteiger partial charge on any atom is 0.432 e. The van der Waals surface area contributed by atoms with Gasteiger partial charge in [-0.2, -0.15) is 37.4 Å². The molecular weight excluding hydrogens is 421 g/mol. The first-order chi connectivity index (χ1) is 7.48. The van der Waals surface area contributed by atoms with Gasteiger partial charge in [0.25, 0.3) is 0 Å². The van der Waals surface area contributed by atoms with E-state index in [9.17, 15) is 13.2 Å². The molecule has 0 amide bonds. The Labute approximate surface area is 118 Å². The zero-order chi connectivity index (χ0) is 11.8. The molecule has 0 spiro atoms. The summed E-state index contributed by atoms with van der Waals surface area (Å²) in [5.41, 5.74) is -0.00152. The predicted molar refractivity (Wildman–Crippen MR) is 60.9 cm³/mol. The van der Waals surface area contributed by atoms with Crippen LogP contribution in [-0.4, -0.2) is 24.8 Å². The van der Waals surface area contributed by atoms with Gasteiger partial charge in [-0.15, -0.1) is 6.07 Å². The van der Waals surface area contributed by atoms with Crippen LogP contribution in [0.5, 0.6) is 0 Å². The van der Waals surface area contributed by atoms with Gasteiger partial charge >= 0.3 is 6.18 Å². The summed E-state index contributed by atoms with van der Waals surface area (Å²) in [6.45, 7) is 0.190. The van der Waals surface area contributed by atoms with Gasteiger partial charge in [-0.1, -0.05) is 5.69 Å². The van der Waals surface area contributed by atoms with Crippen LogP contribution in [0.3, 0.4) is 0 Å². The number of anilines is 1. The summed E-state index contributed by atoms with van der Waals surface area (Å²) in [5, 5.41) is 0. The molecule has 1 heterocycles. The van der Waals surface area contributed by atoms with Gasteiger partial charge < -0.3 is 17.2 Å². The van der Waals surface area contributed by atoms with E-state index in [0.717, 1.165) is 6.20 Å². The van der Waals surface area contributed by atoms with Gasteiger partial charge in [-0.3, -0.25) is 0 Å². The van der Waals surface area contributed by atoms with Crippen molar-refractivity contribution < 1.29 is 33.3 Å². The van der Waals surface area contributed by atoms with E-state index in [1.54, 1.807) is 24.3 Å². The quantitative estimate of drug-likeness (QED) is 0.627. The molecule has 2 nitrogen and oxygen atoms in total. The van der Waals surface area contributed by atoms with Gasteiger partial charge in [0, 0.05) is 33.4 Å². The van der Waals surface area contributed by atoms with Gasteiger partial charge in [-0.05, 0) is 0 Å². The smallest absolute Gasteiger partial charge is 0.358 e. The number of halogens is 3. The van der Waals surface area contributed by atoms with Gasteiger partial charge in [0.2, 0.25) is 0 Å². The molecule has 1 aliphatic rings. The van der Waals surface area contributed by atoms with Crippen LogP contribution in [0.25, 0.3) is 0 Å². The molecule has 0 fully saturated rings. The first kappa shape index (κ1) is 17.0. The average molecular weight is 434 g/mol. The van der Waals surface area contributed by atoms with Crippen molar-refractivity contribution in [3.8, 4) is 0 Å². The molecule has 6 heteroatoms. The molecule has 2 rings (SSSR count). The standard InChI is InChI=1S/C11H10F3N2.CH3.Ir/c1-15-8-16(7-10(15)11(12,13)14)9-5-3-2-4-6-9;;/h2-5,7H,8H2,1H3;1H3;/q2*-1;. The Morgan fingerprint density at radius 1 is 1.28 bits per heavy atom. The molecule has 0 N–H and O–H groups in total. The second-order valence-electron chi connectivity index (χ2n) is 3.57. The van der Waals surface area contributed by atoms with Crippen molar-refractivity contribution in [2.75, 3.05) is 18.6 Å². The van der Waals surface area contributed by atoms with Crippen molar-refractivity contribution in [3.63, 3.8) is 0 Å². The summed E-state index contributed by atoms with van der Waals surface area (Å²) in [6, 6.07) is 9.84. The maximum atomic E-state index is 12.6. The number of allylic oxidation sites excluding steroid dienone is 1. The number of benzene rings is 1. The molecule has 0 aromatic heterocycles. The summed E-state index contributed by atoms with van der Waals surface area (Å²) < 4.78 is 37.7. The molecule has 0 aliphatic carbocycles.